The van der Waals surface area contributed by atoms with Crippen molar-refractivity contribution in [2.45, 2.75) is 19.3 Å². The second-order valence-electron chi connectivity index (χ2n) is 5.73. The van der Waals surface area contributed by atoms with Gasteiger partial charge in [-0.15, -0.1) is 0 Å². The zero-order valence-corrected chi connectivity index (χ0v) is 13.0. The average molecular weight is 318 g/mol. The molecule has 1 aliphatic heterocycles. The van der Waals surface area contributed by atoms with Crippen LogP contribution in [0.3, 0.4) is 0 Å². The van der Waals surface area contributed by atoms with Crippen molar-refractivity contribution >= 4 is 32.3 Å². The number of nitrogens with zero attached hydrogens (tertiary/aromatic N) is 1. The van der Waals surface area contributed by atoms with Gasteiger partial charge in [0.2, 0.25) is 5.91 Å². The van der Waals surface area contributed by atoms with Crippen molar-refractivity contribution in [3.63, 3.8) is 0 Å². The predicted molar refractivity (Wildman–Crippen MR) is 86.4 cm³/mol. The normalized spacial score (nSPS) is 18.2. The van der Waals surface area contributed by atoms with Crippen LogP contribution in [0.25, 0.3) is 10.9 Å². The molecule has 1 saturated heterocycles. The molecule has 1 fully saturated rings. The number of hydrogen-bond donors (Lipinski definition) is 1. The smallest absolute Gasteiger partial charge is 0.224 e. The van der Waals surface area contributed by atoms with Crippen molar-refractivity contribution in [2.75, 3.05) is 16.8 Å². The summed E-state index contributed by atoms with van der Waals surface area (Å²) in [5, 5.41) is 3.88. The van der Waals surface area contributed by atoms with Crippen molar-refractivity contribution in [2.24, 2.45) is 5.92 Å². The molecular formula is C16H18N2O3S. The first kappa shape index (κ1) is 15.0. The second-order valence-corrected chi connectivity index (χ2v) is 8.03. The third-order valence-electron chi connectivity index (χ3n) is 4.06. The molecule has 1 aromatic carbocycles. The molecule has 0 aliphatic carbocycles. The van der Waals surface area contributed by atoms with Crippen molar-refractivity contribution in [3.05, 3.63) is 36.5 Å². The Morgan fingerprint density at radius 2 is 1.91 bits per heavy atom. The number of amides is 1. The topological polar surface area (TPSA) is 76.1 Å². The van der Waals surface area contributed by atoms with E-state index in [2.05, 4.69) is 10.3 Å². The number of nitrogens with one attached hydrogen (secondary N) is 1. The number of carbonyl (C=O) groups excluding carboxylic acids is 1. The van der Waals surface area contributed by atoms with Crippen molar-refractivity contribution in [3.8, 4) is 0 Å². The molecule has 5 nitrogen and oxygen atoms in total. The van der Waals surface area contributed by atoms with Crippen LogP contribution in [0, 0.1) is 5.92 Å². The SMILES string of the molecule is O=C(CC1CCS(=O)(=O)CC1)Nc1cccc2cccnc12. The first-order valence-corrected chi connectivity index (χ1v) is 9.20. The van der Waals surface area contributed by atoms with Gasteiger partial charge >= 0.3 is 0 Å². The van der Waals surface area contributed by atoms with Gasteiger partial charge in [-0.2, -0.15) is 0 Å². The summed E-state index contributed by atoms with van der Waals surface area (Å²) in [4.78, 5) is 16.5. The van der Waals surface area contributed by atoms with E-state index in [4.69, 9.17) is 0 Å². The first-order chi connectivity index (χ1) is 10.5. The Morgan fingerprint density at radius 3 is 2.68 bits per heavy atom. The highest BCUT2D eigenvalue weighted by molar-refractivity contribution is 7.91. The molecule has 0 radical (unpaired) electrons. The Balaban J connectivity index is 1.67. The van der Waals surface area contributed by atoms with Crippen LogP contribution in [0.5, 0.6) is 0 Å². The Morgan fingerprint density at radius 1 is 1.18 bits per heavy atom. The lowest BCUT2D eigenvalue weighted by molar-refractivity contribution is -0.117. The fourth-order valence-corrected chi connectivity index (χ4v) is 4.40. The van der Waals surface area contributed by atoms with Gasteiger partial charge in [0.05, 0.1) is 22.7 Å². The maximum atomic E-state index is 12.2. The molecule has 2 aromatic rings. The highest BCUT2D eigenvalue weighted by atomic mass is 32.2. The molecular weight excluding hydrogens is 300 g/mol. The molecule has 1 N–H and O–H groups in total. The third-order valence-corrected chi connectivity index (χ3v) is 5.77. The van der Waals surface area contributed by atoms with E-state index in [1.165, 1.54) is 0 Å². The number of para-hydroxylation sites is 1. The monoisotopic (exact) mass is 318 g/mol. The number of benzene rings is 1. The van der Waals surface area contributed by atoms with Crippen molar-refractivity contribution < 1.29 is 13.2 Å². The fourth-order valence-electron chi connectivity index (χ4n) is 2.81. The summed E-state index contributed by atoms with van der Waals surface area (Å²) in [6.45, 7) is 0. The molecule has 1 amide bonds. The van der Waals surface area contributed by atoms with Gasteiger partial charge in [0.15, 0.2) is 0 Å². The Hall–Kier alpha value is -1.95. The molecule has 0 spiro atoms. The third kappa shape index (κ3) is 3.44. The van der Waals surface area contributed by atoms with Gasteiger partial charge in [0, 0.05) is 18.0 Å². The summed E-state index contributed by atoms with van der Waals surface area (Å²) in [6.07, 6.45) is 3.20. The highest BCUT2D eigenvalue weighted by Crippen LogP contribution is 2.24. The van der Waals surface area contributed by atoms with E-state index in [-0.39, 0.29) is 23.3 Å². The Labute approximate surface area is 129 Å². The van der Waals surface area contributed by atoms with Crippen LogP contribution in [0.15, 0.2) is 36.5 Å². The number of aromatic nitrogens is 1. The number of sulfone groups is 1. The minimum Gasteiger partial charge on any atom is -0.324 e. The van der Waals surface area contributed by atoms with E-state index >= 15 is 0 Å². The van der Waals surface area contributed by atoms with E-state index in [0.29, 0.717) is 24.9 Å². The molecule has 2 heterocycles. The lowest BCUT2D eigenvalue weighted by Gasteiger charge is -2.21. The van der Waals surface area contributed by atoms with E-state index in [1.807, 2.05) is 30.3 Å². The van der Waals surface area contributed by atoms with Crippen LogP contribution in [0.4, 0.5) is 5.69 Å². The molecule has 0 bridgehead atoms. The number of hydrogen-bond acceptors (Lipinski definition) is 4. The quantitative estimate of drug-likeness (QED) is 0.943. The molecule has 0 atom stereocenters. The Kier molecular flexibility index (Phi) is 4.11. The van der Waals surface area contributed by atoms with Crippen LogP contribution in [-0.4, -0.2) is 30.8 Å². The minimum absolute atomic E-state index is 0.0811. The summed E-state index contributed by atoms with van der Waals surface area (Å²) >= 11 is 0. The first-order valence-electron chi connectivity index (χ1n) is 7.37. The van der Waals surface area contributed by atoms with E-state index < -0.39 is 9.84 Å². The van der Waals surface area contributed by atoms with Crippen LogP contribution in [0.1, 0.15) is 19.3 Å². The van der Waals surface area contributed by atoms with Crippen LogP contribution in [0.2, 0.25) is 0 Å². The predicted octanol–water partition coefficient (Wildman–Crippen LogP) is 2.39. The molecule has 1 aliphatic rings. The average Bonchev–Trinajstić information content (AvgIpc) is 2.50. The summed E-state index contributed by atoms with van der Waals surface area (Å²) in [7, 11) is -2.88. The summed E-state index contributed by atoms with van der Waals surface area (Å²) < 4.78 is 22.8. The summed E-state index contributed by atoms with van der Waals surface area (Å²) in [5.74, 6) is 0.454. The molecule has 116 valence electrons. The zero-order valence-electron chi connectivity index (χ0n) is 12.2. The van der Waals surface area contributed by atoms with Gasteiger partial charge in [0.25, 0.3) is 0 Å². The van der Waals surface area contributed by atoms with Gasteiger partial charge in [-0.25, -0.2) is 8.42 Å². The lowest BCUT2D eigenvalue weighted by Crippen LogP contribution is -2.26. The number of rotatable bonds is 3. The maximum absolute atomic E-state index is 12.2. The van der Waals surface area contributed by atoms with Gasteiger partial charge in [-0.1, -0.05) is 18.2 Å². The van der Waals surface area contributed by atoms with Crippen molar-refractivity contribution in [1.29, 1.82) is 0 Å². The molecule has 3 rings (SSSR count). The number of pyridine rings is 1. The van der Waals surface area contributed by atoms with Crippen LogP contribution in [-0.2, 0) is 14.6 Å². The van der Waals surface area contributed by atoms with Gasteiger partial charge < -0.3 is 5.32 Å². The van der Waals surface area contributed by atoms with Gasteiger partial charge in [-0.3, -0.25) is 9.78 Å². The number of fused-ring (bicyclic) bond motifs is 1. The van der Waals surface area contributed by atoms with Gasteiger partial charge in [-0.05, 0) is 30.9 Å². The fraction of sp³-hybridized carbons (Fsp3) is 0.375. The Bertz CT molecular complexity index is 783. The highest BCUT2D eigenvalue weighted by Gasteiger charge is 2.25. The molecule has 0 unspecified atom stereocenters. The van der Waals surface area contributed by atoms with Crippen molar-refractivity contribution in [1.82, 2.24) is 4.98 Å². The molecule has 22 heavy (non-hydrogen) atoms. The number of anilines is 1. The van der Waals surface area contributed by atoms with Crippen LogP contribution >= 0.6 is 0 Å². The molecule has 0 saturated carbocycles. The van der Waals surface area contributed by atoms with Gasteiger partial charge in [0.1, 0.15) is 9.84 Å². The lowest BCUT2D eigenvalue weighted by atomic mass is 9.98. The van der Waals surface area contributed by atoms with Crippen LogP contribution < -0.4 is 5.32 Å². The zero-order chi connectivity index (χ0) is 15.6. The summed E-state index contributed by atoms with van der Waals surface area (Å²) in [6, 6.07) is 9.47. The minimum atomic E-state index is -2.88. The van der Waals surface area contributed by atoms with E-state index in [1.54, 1.807) is 6.20 Å². The summed E-state index contributed by atoms with van der Waals surface area (Å²) in [5.41, 5.74) is 1.47. The molecule has 6 heteroatoms. The van der Waals surface area contributed by atoms with E-state index in [9.17, 15) is 13.2 Å². The second kappa shape index (κ2) is 6.04. The maximum Gasteiger partial charge on any atom is 0.224 e. The molecule has 1 aromatic heterocycles. The standard InChI is InChI=1S/C16H18N2O3S/c19-15(11-12-6-9-22(20,21)10-7-12)18-14-5-1-3-13-4-2-8-17-16(13)14/h1-5,8,12H,6-7,9-11H2,(H,18,19). The van der Waals surface area contributed by atoms with E-state index in [0.717, 1.165) is 10.9 Å². The largest absolute Gasteiger partial charge is 0.324 e. The number of carbonyl (C=O) groups is 1.